The molecule has 0 unspecified atom stereocenters. The third-order valence-corrected chi connectivity index (χ3v) is 6.29. The third kappa shape index (κ3) is 4.23. The van der Waals surface area contributed by atoms with Crippen LogP contribution in [0.3, 0.4) is 0 Å². The molecule has 2 amide bonds. The van der Waals surface area contributed by atoms with E-state index in [0.29, 0.717) is 38.0 Å². The Labute approximate surface area is 172 Å². The van der Waals surface area contributed by atoms with Gasteiger partial charge in [-0.2, -0.15) is 0 Å². The zero-order chi connectivity index (χ0) is 20.4. The highest BCUT2D eigenvalue weighted by atomic mass is 16.5. The highest BCUT2D eigenvalue weighted by Crippen LogP contribution is 2.32. The molecule has 2 heterocycles. The SMILES string of the molecule is C[C@@H]1C(=O)NC2=Nc3ccc(OCCCC(=O)N(C)C4CCCCC4)cc3CN21. The highest BCUT2D eigenvalue weighted by molar-refractivity contribution is 6.07. The summed E-state index contributed by atoms with van der Waals surface area (Å²) in [4.78, 5) is 32.7. The smallest absolute Gasteiger partial charge is 0.249 e. The topological polar surface area (TPSA) is 74.2 Å². The van der Waals surface area contributed by atoms with E-state index in [1.807, 2.05) is 42.0 Å². The largest absolute Gasteiger partial charge is 0.494 e. The van der Waals surface area contributed by atoms with Crippen molar-refractivity contribution in [1.82, 2.24) is 15.1 Å². The molecule has 1 N–H and O–H groups in total. The van der Waals surface area contributed by atoms with Crippen molar-refractivity contribution >= 4 is 23.5 Å². The van der Waals surface area contributed by atoms with Gasteiger partial charge in [-0.15, -0.1) is 0 Å². The first-order chi connectivity index (χ1) is 14.0. The Morgan fingerprint density at radius 2 is 2.10 bits per heavy atom. The van der Waals surface area contributed by atoms with E-state index >= 15 is 0 Å². The molecule has 7 nitrogen and oxygen atoms in total. The number of ether oxygens (including phenoxy) is 1. The molecular weight excluding hydrogens is 368 g/mol. The van der Waals surface area contributed by atoms with Crippen molar-refractivity contribution in [2.75, 3.05) is 13.7 Å². The molecule has 1 atom stereocenters. The second kappa shape index (κ2) is 8.43. The van der Waals surface area contributed by atoms with Gasteiger partial charge in [-0.25, -0.2) is 4.99 Å². The number of amides is 2. The molecule has 1 aromatic rings. The van der Waals surface area contributed by atoms with Crippen LogP contribution in [0.4, 0.5) is 5.69 Å². The molecule has 0 bridgehead atoms. The van der Waals surface area contributed by atoms with Crippen LogP contribution in [-0.4, -0.2) is 53.3 Å². The average molecular weight is 399 g/mol. The second-order valence-electron chi connectivity index (χ2n) is 8.27. The standard InChI is InChI=1S/C22H30N4O3/c1-15-21(28)24-22-23-19-11-10-18(13-16(19)14-26(15)22)29-12-6-9-20(27)25(2)17-7-4-3-5-8-17/h10-11,13,15,17H,3-9,12,14H2,1-2H3,(H,23,24,28)/t15-/m1/s1. The summed E-state index contributed by atoms with van der Waals surface area (Å²) in [6.45, 7) is 3.03. The summed E-state index contributed by atoms with van der Waals surface area (Å²) in [5.74, 6) is 1.61. The first-order valence-electron chi connectivity index (χ1n) is 10.7. The number of hydrogen-bond acceptors (Lipinski definition) is 5. The van der Waals surface area contributed by atoms with Crippen LogP contribution in [-0.2, 0) is 16.1 Å². The van der Waals surface area contributed by atoms with Gasteiger partial charge in [0.25, 0.3) is 0 Å². The van der Waals surface area contributed by atoms with E-state index in [-0.39, 0.29) is 17.9 Å². The molecule has 1 aliphatic carbocycles. The van der Waals surface area contributed by atoms with Gasteiger partial charge in [-0.1, -0.05) is 19.3 Å². The minimum Gasteiger partial charge on any atom is -0.494 e. The van der Waals surface area contributed by atoms with E-state index < -0.39 is 0 Å². The van der Waals surface area contributed by atoms with Gasteiger partial charge in [0.1, 0.15) is 11.8 Å². The molecule has 156 valence electrons. The van der Waals surface area contributed by atoms with Crippen molar-refractivity contribution in [1.29, 1.82) is 0 Å². The summed E-state index contributed by atoms with van der Waals surface area (Å²) < 4.78 is 5.89. The first kappa shape index (κ1) is 19.7. The lowest BCUT2D eigenvalue weighted by Gasteiger charge is -2.31. The molecule has 1 saturated heterocycles. The van der Waals surface area contributed by atoms with Crippen LogP contribution in [0.15, 0.2) is 23.2 Å². The normalized spacial score (nSPS) is 21.2. The van der Waals surface area contributed by atoms with E-state index in [0.717, 1.165) is 29.8 Å². The van der Waals surface area contributed by atoms with E-state index in [4.69, 9.17) is 4.74 Å². The lowest BCUT2D eigenvalue weighted by Crippen LogP contribution is -2.38. The molecule has 4 rings (SSSR count). The molecule has 7 heteroatoms. The second-order valence-corrected chi connectivity index (χ2v) is 8.27. The summed E-state index contributed by atoms with van der Waals surface area (Å²) in [5, 5.41) is 2.82. The van der Waals surface area contributed by atoms with E-state index in [2.05, 4.69) is 10.3 Å². The summed E-state index contributed by atoms with van der Waals surface area (Å²) in [6.07, 6.45) is 7.25. The van der Waals surface area contributed by atoms with Crippen molar-refractivity contribution in [3.8, 4) is 5.75 Å². The number of fused-ring (bicyclic) bond motifs is 2. The first-order valence-corrected chi connectivity index (χ1v) is 10.7. The number of carbonyl (C=O) groups is 2. The predicted octanol–water partition coefficient (Wildman–Crippen LogP) is 2.96. The average Bonchev–Trinajstić information content (AvgIpc) is 3.02. The van der Waals surface area contributed by atoms with Gasteiger partial charge in [0, 0.05) is 31.6 Å². The fourth-order valence-electron chi connectivity index (χ4n) is 4.36. The van der Waals surface area contributed by atoms with Gasteiger partial charge < -0.3 is 14.5 Å². The molecule has 2 fully saturated rings. The van der Waals surface area contributed by atoms with Gasteiger partial charge in [0.15, 0.2) is 0 Å². The van der Waals surface area contributed by atoms with Crippen LogP contribution in [0.25, 0.3) is 0 Å². The number of aliphatic imine (C=N–C) groups is 1. The minimum atomic E-state index is -0.210. The summed E-state index contributed by atoms with van der Waals surface area (Å²) >= 11 is 0. The number of nitrogens with zero attached hydrogens (tertiary/aromatic N) is 3. The van der Waals surface area contributed by atoms with E-state index in [1.54, 1.807) is 0 Å². The number of rotatable bonds is 6. The van der Waals surface area contributed by atoms with Crippen LogP contribution in [0.5, 0.6) is 5.75 Å². The molecule has 2 aliphatic heterocycles. The van der Waals surface area contributed by atoms with Crippen LogP contribution in [0.2, 0.25) is 0 Å². The molecule has 0 radical (unpaired) electrons. The Hall–Kier alpha value is -2.57. The minimum absolute atomic E-state index is 0.0177. The van der Waals surface area contributed by atoms with E-state index in [9.17, 15) is 9.59 Å². The Bertz CT molecular complexity index is 816. The van der Waals surface area contributed by atoms with Gasteiger partial charge >= 0.3 is 0 Å². The maximum Gasteiger partial charge on any atom is 0.249 e. The van der Waals surface area contributed by atoms with Crippen LogP contribution < -0.4 is 10.1 Å². The summed E-state index contributed by atoms with van der Waals surface area (Å²) in [7, 11) is 1.94. The molecule has 29 heavy (non-hydrogen) atoms. The summed E-state index contributed by atoms with van der Waals surface area (Å²) in [6, 6.07) is 6.01. The third-order valence-electron chi connectivity index (χ3n) is 6.29. The molecule has 0 spiro atoms. The zero-order valence-electron chi connectivity index (χ0n) is 17.3. The van der Waals surface area contributed by atoms with Crippen LogP contribution in [0.1, 0.15) is 57.4 Å². The Balaban J connectivity index is 1.26. The molecule has 3 aliphatic rings. The number of guanidine groups is 1. The van der Waals surface area contributed by atoms with Crippen molar-refractivity contribution in [3.05, 3.63) is 23.8 Å². The quantitative estimate of drug-likeness (QED) is 0.748. The monoisotopic (exact) mass is 398 g/mol. The van der Waals surface area contributed by atoms with E-state index in [1.165, 1.54) is 19.3 Å². The van der Waals surface area contributed by atoms with Crippen LogP contribution >= 0.6 is 0 Å². The Morgan fingerprint density at radius 3 is 2.90 bits per heavy atom. The maximum atomic E-state index is 12.4. The van der Waals surface area contributed by atoms with Crippen molar-refractivity contribution in [2.24, 2.45) is 4.99 Å². The number of nitrogens with one attached hydrogen (secondary N) is 1. The van der Waals surface area contributed by atoms with Crippen LogP contribution in [0, 0.1) is 0 Å². The summed E-state index contributed by atoms with van der Waals surface area (Å²) in [5.41, 5.74) is 1.91. The fourth-order valence-corrected chi connectivity index (χ4v) is 4.36. The van der Waals surface area contributed by atoms with Crippen molar-refractivity contribution in [3.63, 3.8) is 0 Å². The molecule has 1 aromatic carbocycles. The fraction of sp³-hybridized carbons (Fsp3) is 0.591. The van der Waals surface area contributed by atoms with Gasteiger partial charge in [-0.05, 0) is 44.4 Å². The number of carbonyl (C=O) groups excluding carboxylic acids is 2. The molecule has 1 saturated carbocycles. The van der Waals surface area contributed by atoms with Gasteiger partial charge in [0.2, 0.25) is 17.8 Å². The zero-order valence-corrected chi connectivity index (χ0v) is 17.3. The van der Waals surface area contributed by atoms with Gasteiger partial charge in [-0.3, -0.25) is 14.9 Å². The number of benzene rings is 1. The lowest BCUT2D eigenvalue weighted by atomic mass is 9.94. The highest BCUT2D eigenvalue weighted by Gasteiger charge is 2.35. The Kier molecular flexibility index (Phi) is 5.74. The van der Waals surface area contributed by atoms with Crippen molar-refractivity contribution < 1.29 is 14.3 Å². The molecular formula is C22H30N4O3. The van der Waals surface area contributed by atoms with Crippen molar-refractivity contribution in [2.45, 2.75) is 70.5 Å². The number of hydrogen-bond donors (Lipinski definition) is 1. The lowest BCUT2D eigenvalue weighted by molar-refractivity contribution is -0.132. The predicted molar refractivity (Wildman–Crippen MR) is 111 cm³/mol. The maximum absolute atomic E-state index is 12.4. The Morgan fingerprint density at radius 1 is 1.31 bits per heavy atom. The molecule has 0 aromatic heterocycles. The van der Waals surface area contributed by atoms with Gasteiger partial charge in [0.05, 0.1) is 12.3 Å².